The number of amides is 2. The van der Waals surface area contributed by atoms with Gasteiger partial charge in [-0.25, -0.2) is 9.78 Å². The molecule has 2 heterocycles. The molecule has 2 amide bonds. The highest BCUT2D eigenvalue weighted by Gasteiger charge is 2.28. The highest BCUT2D eigenvalue weighted by Crippen LogP contribution is 2.23. The lowest BCUT2D eigenvalue weighted by Crippen LogP contribution is -2.50. The highest BCUT2D eigenvalue weighted by molar-refractivity contribution is 5.92. The molecule has 11 heteroatoms. The lowest BCUT2D eigenvalue weighted by atomic mass is 10.2. The van der Waals surface area contributed by atoms with Crippen molar-refractivity contribution in [1.29, 1.82) is 5.26 Å². The van der Waals surface area contributed by atoms with Gasteiger partial charge in [0.1, 0.15) is 23.1 Å². The van der Waals surface area contributed by atoms with Crippen molar-refractivity contribution in [3.63, 3.8) is 0 Å². The van der Waals surface area contributed by atoms with E-state index in [0.717, 1.165) is 6.08 Å². The van der Waals surface area contributed by atoms with E-state index >= 15 is 0 Å². The van der Waals surface area contributed by atoms with Crippen LogP contribution in [-0.4, -0.2) is 58.2 Å². The molecule has 0 bridgehead atoms. The molecule has 1 aliphatic rings. The fourth-order valence-corrected chi connectivity index (χ4v) is 2.89. The average Bonchev–Trinajstić information content (AvgIpc) is 3.07. The Morgan fingerprint density at radius 1 is 1.32 bits per heavy atom. The first-order valence-electron chi connectivity index (χ1n) is 9.60. The molecule has 2 rings (SSSR count). The number of hydrogen-bond donors (Lipinski definition) is 0. The maximum Gasteiger partial charge on any atom is 0.410 e. The van der Waals surface area contributed by atoms with E-state index in [0.29, 0.717) is 32.1 Å². The number of rotatable bonds is 4. The van der Waals surface area contributed by atoms with E-state index in [1.807, 2.05) is 25.7 Å². The van der Waals surface area contributed by atoms with Crippen LogP contribution in [0.1, 0.15) is 39.1 Å². The maximum atomic E-state index is 12.3. The van der Waals surface area contributed by atoms with Crippen molar-refractivity contribution in [2.45, 2.75) is 39.8 Å². The molecule has 11 nitrogen and oxygen atoms in total. The molecular formula is C20H24N8O3. The van der Waals surface area contributed by atoms with Gasteiger partial charge in [0.25, 0.3) is 0 Å². The normalized spacial score (nSPS) is 13.8. The number of nitrogens with zero attached hydrogens (tertiary/aromatic N) is 8. The SMILES string of the molecule is CC#CCn1c(N2CCN(C(=O)OC(C)(C)C)CC2)nc(/C=C/C(=O)N=[N+]=[N-])c1C#N. The molecule has 0 aromatic carbocycles. The fourth-order valence-electron chi connectivity index (χ4n) is 2.89. The fraction of sp³-hybridized carbons (Fsp3) is 0.500. The number of nitriles is 1. The van der Waals surface area contributed by atoms with Crippen LogP contribution in [0, 0.1) is 23.2 Å². The minimum atomic E-state index is -0.790. The third kappa shape index (κ3) is 6.26. The largest absolute Gasteiger partial charge is 0.444 e. The van der Waals surface area contributed by atoms with Gasteiger partial charge in [-0.3, -0.25) is 9.36 Å². The summed E-state index contributed by atoms with van der Waals surface area (Å²) < 4.78 is 7.08. The third-order valence-corrected chi connectivity index (χ3v) is 4.24. The monoisotopic (exact) mass is 424 g/mol. The molecule has 0 spiro atoms. The van der Waals surface area contributed by atoms with Crippen molar-refractivity contribution in [3.8, 4) is 17.9 Å². The first-order chi connectivity index (χ1) is 14.7. The molecule has 31 heavy (non-hydrogen) atoms. The predicted molar refractivity (Wildman–Crippen MR) is 114 cm³/mol. The minimum Gasteiger partial charge on any atom is -0.444 e. The summed E-state index contributed by atoms with van der Waals surface area (Å²) in [6.45, 7) is 9.23. The van der Waals surface area contributed by atoms with Crippen LogP contribution in [0.4, 0.5) is 10.7 Å². The van der Waals surface area contributed by atoms with Gasteiger partial charge in [0.05, 0.1) is 6.54 Å². The Morgan fingerprint density at radius 3 is 2.55 bits per heavy atom. The number of imidazole rings is 1. The summed E-state index contributed by atoms with van der Waals surface area (Å²) >= 11 is 0. The van der Waals surface area contributed by atoms with E-state index < -0.39 is 11.5 Å². The Morgan fingerprint density at radius 2 is 2.00 bits per heavy atom. The minimum absolute atomic E-state index is 0.234. The summed E-state index contributed by atoms with van der Waals surface area (Å²) in [5.74, 6) is 5.44. The first-order valence-corrected chi connectivity index (χ1v) is 9.60. The third-order valence-electron chi connectivity index (χ3n) is 4.24. The average molecular weight is 424 g/mol. The second kappa shape index (κ2) is 10.2. The Bertz CT molecular complexity index is 1020. The van der Waals surface area contributed by atoms with Crippen LogP contribution >= 0.6 is 0 Å². The number of carbonyl (C=O) groups excluding carboxylic acids is 2. The molecule has 0 radical (unpaired) electrons. The van der Waals surface area contributed by atoms with Gasteiger partial charge in [-0.1, -0.05) is 5.92 Å². The van der Waals surface area contributed by atoms with Gasteiger partial charge in [0.15, 0.2) is 0 Å². The van der Waals surface area contributed by atoms with Crippen LogP contribution in [0.15, 0.2) is 11.2 Å². The van der Waals surface area contributed by atoms with Gasteiger partial charge in [0, 0.05) is 31.1 Å². The second-order valence-corrected chi connectivity index (χ2v) is 7.59. The van der Waals surface area contributed by atoms with Crippen LogP contribution in [0.5, 0.6) is 0 Å². The number of hydrogen-bond acceptors (Lipinski definition) is 6. The summed E-state index contributed by atoms with van der Waals surface area (Å²) in [4.78, 5) is 34.3. The van der Waals surface area contributed by atoms with Crippen molar-refractivity contribution < 1.29 is 14.3 Å². The first kappa shape index (κ1) is 23.3. The van der Waals surface area contributed by atoms with E-state index in [4.69, 9.17) is 10.3 Å². The van der Waals surface area contributed by atoms with E-state index in [-0.39, 0.29) is 24.0 Å². The molecule has 1 saturated heterocycles. The van der Waals surface area contributed by atoms with Crippen LogP contribution in [0.3, 0.4) is 0 Å². The molecular weight excluding hydrogens is 400 g/mol. The lowest BCUT2D eigenvalue weighted by Gasteiger charge is -2.36. The molecule has 1 fully saturated rings. The Labute approximate surface area is 180 Å². The number of ether oxygens (including phenoxy) is 1. The number of piperazine rings is 1. The summed E-state index contributed by atoms with van der Waals surface area (Å²) in [7, 11) is 0. The standard InChI is InChI=1S/C20H24N8O3/c1-5-6-9-28-16(14-21)15(7-8-17(29)24-25-22)23-18(28)26-10-12-27(13-11-26)19(30)31-20(2,3)4/h7-8H,9-13H2,1-4H3/b8-7+. The summed E-state index contributed by atoms with van der Waals surface area (Å²) in [6.07, 6.45) is 2.03. The van der Waals surface area contributed by atoms with Gasteiger partial charge in [-0.15, -0.1) is 5.92 Å². The zero-order chi connectivity index (χ0) is 23.0. The molecule has 0 unspecified atom stereocenters. The molecule has 0 saturated carbocycles. The van der Waals surface area contributed by atoms with Gasteiger partial charge in [0.2, 0.25) is 11.9 Å². The molecule has 162 valence electrons. The zero-order valence-electron chi connectivity index (χ0n) is 18.0. The summed E-state index contributed by atoms with van der Waals surface area (Å²) in [5, 5.41) is 12.6. The molecule has 1 aromatic heterocycles. The number of azide groups is 1. The van der Waals surface area contributed by atoms with Gasteiger partial charge in [-0.2, -0.15) is 5.26 Å². The molecule has 0 atom stereocenters. The van der Waals surface area contributed by atoms with Crippen molar-refractivity contribution in [2.75, 3.05) is 31.1 Å². The van der Waals surface area contributed by atoms with Crippen molar-refractivity contribution in [3.05, 3.63) is 27.9 Å². The van der Waals surface area contributed by atoms with Gasteiger partial charge < -0.3 is 14.5 Å². The van der Waals surface area contributed by atoms with Crippen LogP contribution in [0.25, 0.3) is 16.5 Å². The molecule has 1 aliphatic heterocycles. The number of aromatic nitrogens is 2. The van der Waals surface area contributed by atoms with Crippen LogP contribution < -0.4 is 4.90 Å². The topological polar surface area (TPSA) is 140 Å². The summed E-state index contributed by atoms with van der Waals surface area (Å²) in [5.41, 5.74) is 8.28. The predicted octanol–water partition coefficient (Wildman–Crippen LogP) is 2.69. The zero-order valence-corrected chi connectivity index (χ0v) is 18.0. The second-order valence-electron chi connectivity index (χ2n) is 7.59. The highest BCUT2D eigenvalue weighted by atomic mass is 16.6. The number of carbonyl (C=O) groups is 2. The Balaban J connectivity index is 2.28. The lowest BCUT2D eigenvalue weighted by molar-refractivity contribution is -0.113. The van der Waals surface area contributed by atoms with E-state index in [2.05, 4.69) is 32.9 Å². The molecule has 0 N–H and O–H groups in total. The Hall–Kier alpha value is -3.95. The molecule has 0 aliphatic carbocycles. The molecule has 1 aromatic rings. The van der Waals surface area contributed by atoms with Crippen molar-refractivity contribution >= 4 is 24.0 Å². The van der Waals surface area contributed by atoms with Crippen molar-refractivity contribution in [1.82, 2.24) is 14.5 Å². The quantitative estimate of drug-likeness (QED) is 0.239. The van der Waals surface area contributed by atoms with Crippen LogP contribution in [-0.2, 0) is 16.1 Å². The van der Waals surface area contributed by atoms with E-state index in [1.54, 1.807) is 16.4 Å². The van der Waals surface area contributed by atoms with Crippen molar-refractivity contribution in [2.24, 2.45) is 5.11 Å². The van der Waals surface area contributed by atoms with Crippen LogP contribution in [0.2, 0.25) is 0 Å². The van der Waals surface area contributed by atoms with E-state index in [1.165, 1.54) is 6.08 Å². The smallest absolute Gasteiger partial charge is 0.410 e. The maximum absolute atomic E-state index is 12.3. The van der Waals surface area contributed by atoms with Gasteiger partial charge in [-0.05, 0) is 50.5 Å². The number of anilines is 1. The Kier molecular flexibility index (Phi) is 7.67. The van der Waals surface area contributed by atoms with E-state index in [9.17, 15) is 14.9 Å². The summed E-state index contributed by atoms with van der Waals surface area (Å²) in [6, 6.07) is 2.10. The van der Waals surface area contributed by atoms with Gasteiger partial charge >= 0.3 is 6.09 Å².